The van der Waals surface area contributed by atoms with E-state index < -0.39 is 10.0 Å². The average molecular weight is 327 g/mol. The lowest BCUT2D eigenvalue weighted by atomic mass is 10.2. The van der Waals surface area contributed by atoms with E-state index in [9.17, 15) is 8.42 Å². The summed E-state index contributed by atoms with van der Waals surface area (Å²) in [5, 5.41) is 14.7. The van der Waals surface area contributed by atoms with Crippen LogP contribution in [0.15, 0.2) is 40.0 Å². The maximum atomic E-state index is 11.9. The summed E-state index contributed by atoms with van der Waals surface area (Å²) >= 11 is 3.20. The molecule has 8 heteroatoms. The van der Waals surface area contributed by atoms with Crippen LogP contribution in [-0.4, -0.2) is 18.6 Å². The fourth-order valence-electron chi connectivity index (χ4n) is 1.26. The maximum absolute atomic E-state index is 11.9. The van der Waals surface area contributed by atoms with Gasteiger partial charge < -0.3 is 0 Å². The van der Waals surface area contributed by atoms with E-state index in [2.05, 4.69) is 30.8 Å². The third kappa shape index (κ3) is 2.52. The van der Waals surface area contributed by atoms with E-state index >= 15 is 0 Å². The minimum atomic E-state index is -3.67. The second-order valence-corrected chi connectivity index (χ2v) is 5.88. The number of hydrogen-bond acceptors (Lipinski definition) is 4. The molecule has 6 nitrogen and oxygen atoms in total. The first-order chi connectivity index (χ1) is 8.53. The average Bonchev–Trinajstić information content (AvgIpc) is 2.86. The molecule has 0 unspecified atom stereocenters. The van der Waals surface area contributed by atoms with Gasteiger partial charge in [-0.05, 0) is 34.1 Å². The van der Waals surface area contributed by atoms with Gasteiger partial charge >= 0.3 is 0 Å². The summed E-state index contributed by atoms with van der Waals surface area (Å²) in [5.41, 5.74) is 0.795. The zero-order chi connectivity index (χ0) is 13.2. The number of halogens is 1. The summed E-state index contributed by atoms with van der Waals surface area (Å²) < 4.78 is 26.7. The Bertz CT molecular complexity index is 704. The second-order valence-electron chi connectivity index (χ2n) is 3.35. The number of nitrogens with one attached hydrogen (secondary N) is 2. The molecule has 0 bridgehead atoms. The molecule has 18 heavy (non-hydrogen) atoms. The van der Waals surface area contributed by atoms with Crippen LogP contribution < -0.4 is 4.72 Å². The van der Waals surface area contributed by atoms with Crippen LogP contribution in [-0.2, 0) is 10.0 Å². The van der Waals surface area contributed by atoms with Crippen molar-refractivity contribution < 1.29 is 8.42 Å². The molecule has 0 atom stereocenters. The van der Waals surface area contributed by atoms with E-state index in [0.717, 1.165) is 0 Å². The van der Waals surface area contributed by atoms with E-state index in [4.69, 9.17) is 5.26 Å². The number of anilines is 1. The van der Waals surface area contributed by atoms with Crippen molar-refractivity contribution >= 4 is 31.6 Å². The fraction of sp³-hybridized carbons (Fsp3) is 0. The summed E-state index contributed by atoms with van der Waals surface area (Å²) in [6, 6.07) is 6.54. The molecule has 0 aliphatic carbocycles. The van der Waals surface area contributed by atoms with Gasteiger partial charge in [-0.1, -0.05) is 0 Å². The first-order valence-electron chi connectivity index (χ1n) is 4.74. The van der Waals surface area contributed by atoms with E-state index in [1.165, 1.54) is 30.6 Å². The molecule has 0 aliphatic heterocycles. The molecule has 0 saturated carbocycles. The van der Waals surface area contributed by atoms with Gasteiger partial charge in [0.25, 0.3) is 10.0 Å². The van der Waals surface area contributed by atoms with Crippen LogP contribution >= 0.6 is 15.9 Å². The first kappa shape index (κ1) is 12.6. The van der Waals surface area contributed by atoms with Crippen molar-refractivity contribution in [2.45, 2.75) is 4.90 Å². The molecule has 92 valence electrons. The van der Waals surface area contributed by atoms with Crippen molar-refractivity contribution in [3.63, 3.8) is 0 Å². The molecule has 0 aliphatic rings. The Morgan fingerprint density at radius 1 is 1.44 bits per heavy atom. The summed E-state index contributed by atoms with van der Waals surface area (Å²) in [6.07, 6.45) is 2.49. The van der Waals surface area contributed by atoms with Crippen LogP contribution in [0.5, 0.6) is 0 Å². The van der Waals surface area contributed by atoms with Gasteiger partial charge in [0.2, 0.25) is 0 Å². The molecule has 0 amide bonds. The highest BCUT2D eigenvalue weighted by atomic mass is 79.9. The van der Waals surface area contributed by atoms with E-state index in [1.807, 2.05) is 6.07 Å². The highest BCUT2D eigenvalue weighted by Crippen LogP contribution is 2.25. The van der Waals surface area contributed by atoms with Crippen molar-refractivity contribution in [3.05, 3.63) is 40.6 Å². The van der Waals surface area contributed by atoms with Crippen LogP contribution in [0.3, 0.4) is 0 Å². The quantitative estimate of drug-likeness (QED) is 0.898. The lowest BCUT2D eigenvalue weighted by Gasteiger charge is -2.08. The number of sulfonamides is 1. The number of hydrogen-bond donors (Lipinski definition) is 2. The molecule has 0 spiro atoms. The Hall–Kier alpha value is -1.85. The number of nitriles is 1. The predicted octanol–water partition coefficient (Wildman–Crippen LogP) is 1.84. The SMILES string of the molecule is N#Cc1ccc(NS(=O)(=O)c2cn[nH]c2)c(Br)c1. The Morgan fingerprint density at radius 2 is 2.22 bits per heavy atom. The highest BCUT2D eigenvalue weighted by Gasteiger charge is 2.16. The van der Waals surface area contributed by atoms with Crippen molar-refractivity contribution in [3.8, 4) is 6.07 Å². The lowest BCUT2D eigenvalue weighted by molar-refractivity contribution is 0.601. The van der Waals surface area contributed by atoms with Gasteiger partial charge in [0.1, 0.15) is 4.90 Å². The van der Waals surface area contributed by atoms with Gasteiger partial charge in [-0.25, -0.2) is 8.42 Å². The monoisotopic (exact) mass is 326 g/mol. The molecule has 1 aromatic carbocycles. The molecular weight excluding hydrogens is 320 g/mol. The molecule has 0 radical (unpaired) electrons. The Morgan fingerprint density at radius 3 is 2.78 bits per heavy atom. The normalized spacial score (nSPS) is 10.9. The van der Waals surface area contributed by atoms with Crippen LogP contribution in [0.4, 0.5) is 5.69 Å². The smallest absolute Gasteiger partial charge is 0.265 e. The highest BCUT2D eigenvalue weighted by molar-refractivity contribution is 9.10. The van der Waals surface area contributed by atoms with Crippen LogP contribution in [0.1, 0.15) is 5.56 Å². The van der Waals surface area contributed by atoms with Crippen LogP contribution in [0, 0.1) is 11.3 Å². The van der Waals surface area contributed by atoms with Crippen molar-refractivity contribution in [1.29, 1.82) is 5.26 Å². The number of H-pyrrole nitrogens is 1. The van der Waals surface area contributed by atoms with Gasteiger partial charge in [-0.3, -0.25) is 9.82 Å². The number of nitrogens with zero attached hydrogens (tertiary/aromatic N) is 2. The van der Waals surface area contributed by atoms with E-state index in [1.54, 1.807) is 0 Å². The van der Waals surface area contributed by atoms with E-state index in [0.29, 0.717) is 15.7 Å². The summed E-state index contributed by atoms with van der Waals surface area (Å²) in [7, 11) is -3.67. The molecule has 2 aromatic rings. The van der Waals surface area contributed by atoms with Gasteiger partial charge in [-0.15, -0.1) is 0 Å². The Labute approximate surface area is 112 Å². The summed E-state index contributed by atoms with van der Waals surface area (Å²) in [4.78, 5) is 0.0405. The number of aromatic amines is 1. The van der Waals surface area contributed by atoms with E-state index in [-0.39, 0.29) is 4.90 Å². The number of benzene rings is 1. The van der Waals surface area contributed by atoms with Gasteiger partial charge in [0.15, 0.2) is 0 Å². The van der Waals surface area contributed by atoms with Crippen LogP contribution in [0.25, 0.3) is 0 Å². The zero-order valence-electron chi connectivity index (χ0n) is 8.88. The summed E-state index contributed by atoms with van der Waals surface area (Å²) in [5.74, 6) is 0. The third-order valence-electron chi connectivity index (χ3n) is 2.13. The zero-order valence-corrected chi connectivity index (χ0v) is 11.3. The molecule has 0 saturated heterocycles. The molecule has 2 N–H and O–H groups in total. The third-order valence-corrected chi connectivity index (χ3v) is 4.11. The molecular formula is C10H7BrN4O2S. The molecule has 1 heterocycles. The minimum Gasteiger partial charge on any atom is -0.284 e. The standard InChI is InChI=1S/C10H7BrN4O2S/c11-9-3-7(4-12)1-2-10(9)15-18(16,17)8-5-13-14-6-8/h1-3,5-6,15H,(H,13,14). The van der Waals surface area contributed by atoms with Gasteiger partial charge in [0, 0.05) is 10.7 Å². The van der Waals surface area contributed by atoms with Gasteiger partial charge in [-0.2, -0.15) is 10.4 Å². The maximum Gasteiger partial charge on any atom is 0.265 e. The minimum absolute atomic E-state index is 0.0405. The second kappa shape index (κ2) is 4.80. The van der Waals surface area contributed by atoms with Crippen molar-refractivity contribution in [1.82, 2.24) is 10.2 Å². The number of rotatable bonds is 3. The topological polar surface area (TPSA) is 98.6 Å². The first-order valence-corrected chi connectivity index (χ1v) is 7.02. The summed E-state index contributed by atoms with van der Waals surface area (Å²) in [6.45, 7) is 0. The Kier molecular flexibility index (Phi) is 3.36. The van der Waals surface area contributed by atoms with Crippen molar-refractivity contribution in [2.75, 3.05) is 4.72 Å². The number of aromatic nitrogens is 2. The largest absolute Gasteiger partial charge is 0.284 e. The van der Waals surface area contributed by atoms with Gasteiger partial charge in [0.05, 0.1) is 23.5 Å². The van der Waals surface area contributed by atoms with Crippen LogP contribution in [0.2, 0.25) is 0 Å². The molecule has 1 aromatic heterocycles. The lowest BCUT2D eigenvalue weighted by Crippen LogP contribution is -2.12. The predicted molar refractivity (Wildman–Crippen MR) is 68.3 cm³/mol. The fourth-order valence-corrected chi connectivity index (χ4v) is 2.85. The molecule has 2 rings (SSSR count). The van der Waals surface area contributed by atoms with Crippen molar-refractivity contribution in [2.24, 2.45) is 0 Å². The molecule has 0 fully saturated rings. The Balaban J connectivity index is 2.33.